The van der Waals surface area contributed by atoms with Crippen LogP contribution in [0.25, 0.3) is 0 Å². The van der Waals surface area contributed by atoms with Crippen molar-refractivity contribution in [2.75, 3.05) is 10.9 Å². The number of amides is 1. The van der Waals surface area contributed by atoms with Crippen LogP contribution >= 0.6 is 27.5 Å². The summed E-state index contributed by atoms with van der Waals surface area (Å²) in [6.45, 7) is 5.14. The fourth-order valence-corrected chi connectivity index (χ4v) is 5.21. The third-order valence-electron chi connectivity index (χ3n) is 4.92. The van der Waals surface area contributed by atoms with E-state index in [9.17, 15) is 13.2 Å². The zero-order chi connectivity index (χ0) is 23.5. The number of hydrogen-bond donors (Lipinski definition) is 0. The molecule has 0 spiro atoms. The Morgan fingerprint density at radius 2 is 1.72 bits per heavy atom. The van der Waals surface area contributed by atoms with Crippen molar-refractivity contribution in [3.63, 3.8) is 0 Å². The SMILES string of the molecule is CCc1cc(Br)ccc1OCC(=O)N(c1cc(C)ccc1C)S(=O)(=O)c1ccc(Cl)cc1. The van der Waals surface area contributed by atoms with Gasteiger partial charge in [-0.15, -0.1) is 0 Å². The summed E-state index contributed by atoms with van der Waals surface area (Å²) < 4.78 is 34.5. The first-order valence-corrected chi connectivity index (χ1v) is 12.6. The first-order chi connectivity index (χ1) is 15.1. The van der Waals surface area contributed by atoms with E-state index in [4.69, 9.17) is 16.3 Å². The van der Waals surface area contributed by atoms with Crippen LogP contribution in [0.3, 0.4) is 0 Å². The molecule has 0 atom stereocenters. The van der Waals surface area contributed by atoms with Crippen LogP contribution in [0.2, 0.25) is 5.02 Å². The normalized spacial score (nSPS) is 11.3. The molecular weight excluding hydrogens is 514 g/mol. The van der Waals surface area contributed by atoms with E-state index in [1.807, 2.05) is 32.0 Å². The van der Waals surface area contributed by atoms with Crippen LogP contribution < -0.4 is 9.04 Å². The Hall–Kier alpha value is -2.35. The third kappa shape index (κ3) is 5.34. The topological polar surface area (TPSA) is 63.7 Å². The molecule has 168 valence electrons. The van der Waals surface area contributed by atoms with Gasteiger partial charge in [0.2, 0.25) is 0 Å². The fraction of sp³-hybridized carbons (Fsp3) is 0.208. The summed E-state index contributed by atoms with van der Waals surface area (Å²) in [5.41, 5.74) is 2.68. The second kappa shape index (κ2) is 10.1. The Bertz CT molecular complexity index is 1240. The lowest BCUT2D eigenvalue weighted by atomic mass is 10.1. The molecule has 3 aromatic rings. The number of halogens is 2. The highest BCUT2D eigenvalue weighted by atomic mass is 79.9. The lowest BCUT2D eigenvalue weighted by Crippen LogP contribution is -2.40. The van der Waals surface area contributed by atoms with Gasteiger partial charge in [-0.2, -0.15) is 4.31 Å². The predicted octanol–water partition coefficient (Wildman–Crippen LogP) is 6.08. The second-order valence-corrected chi connectivity index (χ2v) is 10.4. The third-order valence-corrected chi connectivity index (χ3v) is 7.41. The molecule has 0 radical (unpaired) electrons. The van der Waals surface area contributed by atoms with Gasteiger partial charge >= 0.3 is 0 Å². The van der Waals surface area contributed by atoms with Gasteiger partial charge in [0.05, 0.1) is 10.6 Å². The van der Waals surface area contributed by atoms with Gasteiger partial charge in [-0.05, 0) is 85.5 Å². The Morgan fingerprint density at radius 3 is 2.38 bits per heavy atom. The summed E-state index contributed by atoms with van der Waals surface area (Å²) in [5, 5.41) is 0.402. The Balaban J connectivity index is 2.02. The van der Waals surface area contributed by atoms with E-state index in [1.165, 1.54) is 24.3 Å². The van der Waals surface area contributed by atoms with Gasteiger partial charge in [0, 0.05) is 9.50 Å². The van der Waals surface area contributed by atoms with E-state index in [0.717, 1.165) is 19.9 Å². The zero-order valence-electron chi connectivity index (χ0n) is 17.9. The van der Waals surface area contributed by atoms with Gasteiger partial charge in [0.1, 0.15) is 5.75 Å². The largest absolute Gasteiger partial charge is 0.483 e. The van der Waals surface area contributed by atoms with Crippen molar-refractivity contribution >= 4 is 49.1 Å². The monoisotopic (exact) mass is 535 g/mol. The average Bonchev–Trinajstić information content (AvgIpc) is 2.75. The smallest absolute Gasteiger partial charge is 0.278 e. The van der Waals surface area contributed by atoms with Crippen LogP contribution in [-0.2, 0) is 21.2 Å². The molecule has 1 amide bonds. The summed E-state index contributed by atoms with van der Waals surface area (Å²) in [7, 11) is -4.20. The van der Waals surface area contributed by atoms with E-state index < -0.39 is 22.5 Å². The minimum atomic E-state index is -4.20. The minimum absolute atomic E-state index is 0.0333. The van der Waals surface area contributed by atoms with Crippen molar-refractivity contribution in [2.45, 2.75) is 32.1 Å². The molecule has 0 bridgehead atoms. The van der Waals surface area contributed by atoms with E-state index in [1.54, 1.807) is 25.1 Å². The Labute approximate surface area is 202 Å². The molecule has 32 heavy (non-hydrogen) atoms. The number of nitrogens with zero attached hydrogens (tertiary/aromatic N) is 1. The number of hydrogen-bond acceptors (Lipinski definition) is 4. The Kier molecular flexibility index (Phi) is 7.64. The molecule has 0 aliphatic carbocycles. The maximum Gasteiger partial charge on any atom is 0.278 e. The van der Waals surface area contributed by atoms with Crippen LogP contribution in [0.5, 0.6) is 5.75 Å². The molecule has 0 unspecified atom stereocenters. The molecule has 0 saturated carbocycles. The van der Waals surface area contributed by atoms with Crippen LogP contribution in [0.4, 0.5) is 5.69 Å². The summed E-state index contributed by atoms with van der Waals surface area (Å²) in [6, 6.07) is 16.5. The number of aryl methyl sites for hydroxylation is 3. The summed E-state index contributed by atoms with van der Waals surface area (Å²) in [6.07, 6.45) is 0.701. The highest BCUT2D eigenvalue weighted by Gasteiger charge is 2.32. The highest BCUT2D eigenvalue weighted by Crippen LogP contribution is 2.30. The van der Waals surface area contributed by atoms with Gasteiger partial charge in [0.15, 0.2) is 6.61 Å². The van der Waals surface area contributed by atoms with Gasteiger partial charge in [-0.25, -0.2) is 8.42 Å². The van der Waals surface area contributed by atoms with E-state index in [0.29, 0.717) is 28.4 Å². The van der Waals surface area contributed by atoms with Crippen LogP contribution in [0, 0.1) is 13.8 Å². The van der Waals surface area contributed by atoms with Crippen molar-refractivity contribution in [2.24, 2.45) is 0 Å². The number of sulfonamides is 1. The molecular formula is C24H23BrClNO4S. The molecule has 0 saturated heterocycles. The second-order valence-electron chi connectivity index (χ2n) is 7.30. The molecule has 0 aliphatic rings. The quantitative estimate of drug-likeness (QED) is 0.367. The fourth-order valence-electron chi connectivity index (χ4n) is 3.21. The van der Waals surface area contributed by atoms with Crippen molar-refractivity contribution in [3.8, 4) is 5.75 Å². The van der Waals surface area contributed by atoms with Gasteiger partial charge < -0.3 is 4.74 Å². The molecule has 5 nitrogen and oxygen atoms in total. The standard InChI is InChI=1S/C24H23BrClNO4S/c1-4-18-14-19(25)7-12-23(18)31-15-24(28)27(22-13-16(2)5-6-17(22)3)32(29,30)21-10-8-20(26)9-11-21/h5-14H,4,15H2,1-3H3. The molecule has 3 rings (SSSR count). The van der Waals surface area contributed by atoms with E-state index in [-0.39, 0.29) is 4.90 Å². The number of anilines is 1. The van der Waals surface area contributed by atoms with Gasteiger partial charge in [-0.3, -0.25) is 4.79 Å². The molecule has 3 aromatic carbocycles. The summed E-state index contributed by atoms with van der Waals surface area (Å²) >= 11 is 9.35. The molecule has 0 fully saturated rings. The molecule has 0 aromatic heterocycles. The van der Waals surface area contributed by atoms with Crippen LogP contribution in [-0.4, -0.2) is 20.9 Å². The van der Waals surface area contributed by atoms with E-state index >= 15 is 0 Å². The van der Waals surface area contributed by atoms with Crippen LogP contribution in [0.15, 0.2) is 70.0 Å². The predicted molar refractivity (Wildman–Crippen MR) is 131 cm³/mol. The highest BCUT2D eigenvalue weighted by molar-refractivity contribution is 9.10. The van der Waals surface area contributed by atoms with Gasteiger partial charge in [0.25, 0.3) is 15.9 Å². The molecule has 0 aliphatic heterocycles. The number of carbonyl (C=O) groups excluding carboxylic acids is 1. The van der Waals surface area contributed by atoms with Crippen molar-refractivity contribution < 1.29 is 17.9 Å². The summed E-state index contributed by atoms with van der Waals surface area (Å²) in [4.78, 5) is 13.3. The molecule has 8 heteroatoms. The first kappa shape index (κ1) is 24.3. The summed E-state index contributed by atoms with van der Waals surface area (Å²) in [5.74, 6) is -0.160. The van der Waals surface area contributed by atoms with Crippen molar-refractivity contribution in [3.05, 3.63) is 86.8 Å². The van der Waals surface area contributed by atoms with Crippen molar-refractivity contribution in [1.29, 1.82) is 0 Å². The number of carbonyl (C=O) groups is 1. The number of benzene rings is 3. The Morgan fingerprint density at radius 1 is 1.03 bits per heavy atom. The molecule has 0 heterocycles. The minimum Gasteiger partial charge on any atom is -0.483 e. The maximum atomic E-state index is 13.5. The van der Waals surface area contributed by atoms with Gasteiger partial charge in [-0.1, -0.05) is 46.6 Å². The zero-order valence-corrected chi connectivity index (χ0v) is 21.1. The lowest BCUT2D eigenvalue weighted by molar-refractivity contribution is -0.119. The average molecular weight is 537 g/mol. The number of rotatable bonds is 7. The maximum absolute atomic E-state index is 13.5. The lowest BCUT2D eigenvalue weighted by Gasteiger charge is -2.25. The number of ether oxygens (including phenoxy) is 1. The van der Waals surface area contributed by atoms with Crippen LogP contribution in [0.1, 0.15) is 23.6 Å². The first-order valence-electron chi connectivity index (χ1n) is 9.95. The van der Waals surface area contributed by atoms with E-state index in [2.05, 4.69) is 15.9 Å². The molecule has 0 N–H and O–H groups in total. The van der Waals surface area contributed by atoms with Crippen molar-refractivity contribution in [1.82, 2.24) is 0 Å².